The summed E-state index contributed by atoms with van der Waals surface area (Å²) in [7, 11) is 0. The van der Waals surface area contributed by atoms with Crippen LogP contribution in [0.25, 0.3) is 0 Å². The Bertz CT molecular complexity index is 750. The van der Waals surface area contributed by atoms with Crippen LogP contribution in [-0.4, -0.2) is 23.3 Å². The Morgan fingerprint density at radius 2 is 1.80 bits per heavy atom. The number of benzene rings is 2. The highest BCUT2D eigenvalue weighted by molar-refractivity contribution is 5.94. The zero-order chi connectivity index (χ0) is 17.8. The van der Waals surface area contributed by atoms with Crippen LogP contribution >= 0.6 is 0 Å². The zero-order valence-electron chi connectivity index (χ0n) is 14.8. The van der Waals surface area contributed by atoms with E-state index in [2.05, 4.69) is 5.32 Å². The Balaban J connectivity index is 1.60. The van der Waals surface area contributed by atoms with Gasteiger partial charge >= 0.3 is 0 Å². The molecule has 0 aliphatic carbocycles. The molecule has 25 heavy (non-hydrogen) atoms. The van der Waals surface area contributed by atoms with E-state index >= 15 is 0 Å². The molecule has 2 aromatic rings. The first-order chi connectivity index (χ1) is 12.0. The molecule has 1 heterocycles. The molecule has 4 heteroatoms. The third kappa shape index (κ3) is 4.27. The summed E-state index contributed by atoms with van der Waals surface area (Å²) >= 11 is 0. The lowest BCUT2D eigenvalue weighted by Crippen LogP contribution is -2.27. The molecule has 0 bridgehead atoms. The second-order valence-corrected chi connectivity index (χ2v) is 6.72. The van der Waals surface area contributed by atoms with Crippen LogP contribution in [0.2, 0.25) is 0 Å². The van der Waals surface area contributed by atoms with Crippen molar-refractivity contribution in [3.63, 3.8) is 0 Å². The Morgan fingerprint density at radius 3 is 2.40 bits per heavy atom. The van der Waals surface area contributed by atoms with Gasteiger partial charge in [0.2, 0.25) is 5.91 Å². The zero-order valence-corrected chi connectivity index (χ0v) is 14.8. The maximum Gasteiger partial charge on any atom is 0.251 e. The predicted octanol–water partition coefficient (Wildman–Crippen LogP) is 3.61. The molecule has 130 valence electrons. The average Bonchev–Trinajstić information content (AvgIpc) is 3.01. The number of likely N-dealkylation sites (tertiary alicyclic amines) is 1. The number of rotatable bonds is 5. The SMILES string of the molecule is Cc1ccc([C@@H](C)NC(=O)c2ccc(CN3CCCC3=O)cc2)cc1. The van der Waals surface area contributed by atoms with Gasteiger partial charge in [-0.1, -0.05) is 42.0 Å². The van der Waals surface area contributed by atoms with Crippen LogP contribution in [0.3, 0.4) is 0 Å². The number of hydrogen-bond donors (Lipinski definition) is 1. The molecular weight excluding hydrogens is 312 g/mol. The van der Waals surface area contributed by atoms with E-state index in [1.807, 2.05) is 67.3 Å². The van der Waals surface area contributed by atoms with Crippen molar-refractivity contribution < 1.29 is 9.59 Å². The highest BCUT2D eigenvalue weighted by Crippen LogP contribution is 2.16. The quantitative estimate of drug-likeness (QED) is 0.907. The van der Waals surface area contributed by atoms with Crippen molar-refractivity contribution in [2.45, 2.75) is 39.3 Å². The molecule has 4 nitrogen and oxygen atoms in total. The van der Waals surface area contributed by atoms with Gasteiger partial charge in [0.25, 0.3) is 5.91 Å². The first-order valence-electron chi connectivity index (χ1n) is 8.77. The van der Waals surface area contributed by atoms with E-state index in [0.29, 0.717) is 18.5 Å². The number of nitrogens with zero attached hydrogens (tertiary/aromatic N) is 1. The fraction of sp³-hybridized carbons (Fsp3) is 0.333. The van der Waals surface area contributed by atoms with Crippen LogP contribution in [0.15, 0.2) is 48.5 Å². The molecule has 1 saturated heterocycles. The lowest BCUT2D eigenvalue weighted by atomic mass is 10.1. The second-order valence-electron chi connectivity index (χ2n) is 6.72. The van der Waals surface area contributed by atoms with Crippen LogP contribution in [0.5, 0.6) is 0 Å². The number of carbonyl (C=O) groups is 2. The molecule has 1 aliphatic rings. The Labute approximate surface area is 148 Å². The predicted molar refractivity (Wildman–Crippen MR) is 98.2 cm³/mol. The van der Waals surface area contributed by atoms with Gasteiger partial charge < -0.3 is 10.2 Å². The van der Waals surface area contributed by atoms with Crippen molar-refractivity contribution in [3.8, 4) is 0 Å². The van der Waals surface area contributed by atoms with Gasteiger partial charge in [-0.2, -0.15) is 0 Å². The second kappa shape index (κ2) is 7.51. The van der Waals surface area contributed by atoms with E-state index in [-0.39, 0.29) is 17.9 Å². The largest absolute Gasteiger partial charge is 0.346 e. The van der Waals surface area contributed by atoms with E-state index in [1.54, 1.807) is 0 Å². The fourth-order valence-corrected chi connectivity index (χ4v) is 3.07. The standard InChI is InChI=1S/C21H24N2O2/c1-15-5-9-18(10-6-15)16(2)22-21(25)19-11-7-17(8-12-19)14-23-13-3-4-20(23)24/h5-12,16H,3-4,13-14H2,1-2H3,(H,22,25)/t16-/m1/s1. The normalized spacial score (nSPS) is 15.3. The van der Waals surface area contributed by atoms with Crippen LogP contribution in [0.4, 0.5) is 0 Å². The molecule has 2 amide bonds. The van der Waals surface area contributed by atoms with E-state index in [1.165, 1.54) is 5.56 Å². The minimum absolute atomic E-state index is 0.0463. The average molecular weight is 336 g/mol. The van der Waals surface area contributed by atoms with Crippen molar-refractivity contribution >= 4 is 11.8 Å². The van der Waals surface area contributed by atoms with Gasteiger partial charge in [0.1, 0.15) is 0 Å². The van der Waals surface area contributed by atoms with Gasteiger partial charge in [0.05, 0.1) is 6.04 Å². The molecular formula is C21H24N2O2. The van der Waals surface area contributed by atoms with Crippen molar-refractivity contribution in [2.24, 2.45) is 0 Å². The summed E-state index contributed by atoms with van der Waals surface area (Å²) in [5.74, 6) is 0.130. The molecule has 1 fully saturated rings. The summed E-state index contributed by atoms with van der Waals surface area (Å²) in [6.07, 6.45) is 1.59. The molecule has 1 N–H and O–H groups in total. The maximum atomic E-state index is 12.4. The van der Waals surface area contributed by atoms with Crippen LogP contribution in [0.1, 0.15) is 52.9 Å². The summed E-state index contributed by atoms with van der Waals surface area (Å²) in [5.41, 5.74) is 3.98. The molecule has 0 aromatic heterocycles. The first-order valence-corrected chi connectivity index (χ1v) is 8.77. The Morgan fingerprint density at radius 1 is 1.12 bits per heavy atom. The Hall–Kier alpha value is -2.62. The lowest BCUT2D eigenvalue weighted by molar-refractivity contribution is -0.128. The van der Waals surface area contributed by atoms with Crippen LogP contribution in [0, 0.1) is 6.92 Å². The molecule has 0 unspecified atom stereocenters. The molecule has 0 saturated carbocycles. The van der Waals surface area contributed by atoms with Crippen LogP contribution < -0.4 is 5.32 Å². The summed E-state index contributed by atoms with van der Waals surface area (Å²) in [5, 5.41) is 3.03. The number of amides is 2. The molecule has 2 aromatic carbocycles. The third-order valence-corrected chi connectivity index (χ3v) is 4.69. The van der Waals surface area contributed by atoms with Gasteiger partial charge in [-0.05, 0) is 43.5 Å². The van der Waals surface area contributed by atoms with Crippen molar-refractivity contribution in [1.29, 1.82) is 0 Å². The summed E-state index contributed by atoms with van der Waals surface area (Å²) < 4.78 is 0. The molecule has 3 rings (SSSR count). The monoisotopic (exact) mass is 336 g/mol. The number of hydrogen-bond acceptors (Lipinski definition) is 2. The summed E-state index contributed by atoms with van der Waals surface area (Å²) in [6.45, 7) is 5.48. The van der Waals surface area contributed by atoms with E-state index in [0.717, 1.165) is 24.1 Å². The van der Waals surface area contributed by atoms with Gasteiger partial charge in [0, 0.05) is 25.1 Å². The first kappa shape index (κ1) is 17.2. The van der Waals surface area contributed by atoms with Gasteiger partial charge in [-0.15, -0.1) is 0 Å². The van der Waals surface area contributed by atoms with E-state index in [9.17, 15) is 9.59 Å². The summed E-state index contributed by atoms with van der Waals surface area (Å²) in [6, 6.07) is 15.6. The molecule has 1 atom stereocenters. The van der Waals surface area contributed by atoms with Gasteiger partial charge in [-0.3, -0.25) is 9.59 Å². The van der Waals surface area contributed by atoms with Crippen molar-refractivity contribution in [3.05, 3.63) is 70.8 Å². The van der Waals surface area contributed by atoms with Crippen LogP contribution in [-0.2, 0) is 11.3 Å². The fourth-order valence-electron chi connectivity index (χ4n) is 3.07. The highest BCUT2D eigenvalue weighted by Gasteiger charge is 2.20. The minimum Gasteiger partial charge on any atom is -0.346 e. The van der Waals surface area contributed by atoms with Crippen molar-refractivity contribution in [2.75, 3.05) is 6.54 Å². The maximum absolute atomic E-state index is 12.4. The van der Waals surface area contributed by atoms with Crippen molar-refractivity contribution in [1.82, 2.24) is 10.2 Å². The molecule has 0 radical (unpaired) electrons. The third-order valence-electron chi connectivity index (χ3n) is 4.69. The van der Waals surface area contributed by atoms with Gasteiger partial charge in [-0.25, -0.2) is 0 Å². The van der Waals surface area contributed by atoms with E-state index in [4.69, 9.17) is 0 Å². The smallest absolute Gasteiger partial charge is 0.251 e. The van der Waals surface area contributed by atoms with E-state index < -0.39 is 0 Å². The highest BCUT2D eigenvalue weighted by atomic mass is 16.2. The van der Waals surface area contributed by atoms with Gasteiger partial charge in [0.15, 0.2) is 0 Å². The lowest BCUT2D eigenvalue weighted by Gasteiger charge is -2.16. The Kier molecular flexibility index (Phi) is 5.17. The molecule has 1 aliphatic heterocycles. The topological polar surface area (TPSA) is 49.4 Å². The number of carbonyl (C=O) groups excluding carboxylic acids is 2. The minimum atomic E-state index is -0.0862. The number of nitrogens with one attached hydrogen (secondary N) is 1. The number of aryl methyl sites for hydroxylation is 1. The molecule has 0 spiro atoms. The summed E-state index contributed by atoms with van der Waals surface area (Å²) in [4.78, 5) is 26.0.